The van der Waals surface area contributed by atoms with Gasteiger partial charge in [0.25, 0.3) is 0 Å². The van der Waals surface area contributed by atoms with Crippen LogP contribution in [0, 0.1) is 0 Å². The minimum Gasteiger partial charge on any atom is -0.461 e. The lowest BCUT2D eigenvalue weighted by Crippen LogP contribution is -2.49. The number of rotatable bonds is 17. The maximum atomic E-state index is 13.5. The Morgan fingerprint density at radius 2 is 1.43 bits per heavy atom. The second-order valence-corrected chi connectivity index (χ2v) is 8.82. The lowest BCUT2D eigenvalue weighted by Gasteiger charge is -2.28. The van der Waals surface area contributed by atoms with Crippen LogP contribution in [0.2, 0.25) is 0 Å². The molecule has 2 aromatic carbocycles. The Labute approximate surface area is 220 Å². The van der Waals surface area contributed by atoms with Gasteiger partial charge in [0.05, 0.1) is 0 Å². The van der Waals surface area contributed by atoms with Crippen LogP contribution in [0.15, 0.2) is 60.7 Å². The van der Waals surface area contributed by atoms with Crippen molar-refractivity contribution in [3.63, 3.8) is 0 Å². The molecule has 2 rings (SSSR count). The van der Waals surface area contributed by atoms with Gasteiger partial charge in [-0.3, -0.25) is 9.59 Å². The number of methoxy groups -OCH3 is 1. The largest absolute Gasteiger partial charge is 0.461 e. The topological polar surface area (TPSA) is 94.2 Å². The molecule has 0 bridgehead atoms. The smallest absolute Gasteiger partial charge is 0.408 e. The number of carbonyl (C=O) groups excluding carboxylic acids is 3. The summed E-state index contributed by atoms with van der Waals surface area (Å²) in [5, 5.41) is 2.69. The van der Waals surface area contributed by atoms with Crippen LogP contribution in [0.25, 0.3) is 0 Å². The molecule has 2 aromatic rings. The lowest BCUT2D eigenvalue weighted by molar-refractivity contribution is -0.145. The van der Waals surface area contributed by atoms with E-state index in [4.69, 9.17) is 14.2 Å². The molecule has 0 heterocycles. The monoisotopic (exact) mass is 512 g/mol. The number of amides is 2. The Morgan fingerprint density at radius 3 is 2.03 bits per heavy atom. The van der Waals surface area contributed by atoms with Gasteiger partial charge < -0.3 is 24.4 Å². The second kappa shape index (κ2) is 17.9. The van der Waals surface area contributed by atoms with Gasteiger partial charge in [0.1, 0.15) is 19.3 Å². The molecular weight excluding hydrogens is 472 g/mol. The van der Waals surface area contributed by atoms with Gasteiger partial charge in [-0.1, -0.05) is 80.4 Å². The fourth-order valence-corrected chi connectivity index (χ4v) is 3.74. The molecule has 202 valence electrons. The second-order valence-electron chi connectivity index (χ2n) is 8.82. The van der Waals surface area contributed by atoms with Crippen LogP contribution in [0.4, 0.5) is 4.79 Å². The number of nitrogens with one attached hydrogen (secondary N) is 1. The van der Waals surface area contributed by atoms with Crippen LogP contribution in [-0.4, -0.2) is 55.7 Å². The van der Waals surface area contributed by atoms with Crippen molar-refractivity contribution in [2.75, 3.05) is 26.8 Å². The molecule has 0 aliphatic rings. The zero-order chi connectivity index (χ0) is 26.7. The summed E-state index contributed by atoms with van der Waals surface area (Å²) >= 11 is 0. The Balaban J connectivity index is 2.01. The fourth-order valence-electron chi connectivity index (χ4n) is 3.74. The first kappa shape index (κ1) is 29.8. The first-order chi connectivity index (χ1) is 18.0. The highest BCUT2D eigenvalue weighted by molar-refractivity contribution is 5.86. The minimum atomic E-state index is -0.906. The van der Waals surface area contributed by atoms with Gasteiger partial charge in [0, 0.05) is 33.2 Å². The van der Waals surface area contributed by atoms with E-state index in [2.05, 4.69) is 12.2 Å². The van der Waals surface area contributed by atoms with Crippen molar-refractivity contribution in [1.29, 1.82) is 0 Å². The van der Waals surface area contributed by atoms with Crippen LogP contribution in [0.3, 0.4) is 0 Å². The number of hydrogen-bond acceptors (Lipinski definition) is 6. The summed E-state index contributed by atoms with van der Waals surface area (Å²) in [6.45, 7) is 3.95. The molecule has 0 spiro atoms. The number of benzene rings is 2. The third-order valence-electron chi connectivity index (χ3n) is 5.80. The average Bonchev–Trinajstić information content (AvgIpc) is 2.93. The maximum absolute atomic E-state index is 13.5. The molecule has 1 atom stereocenters. The molecule has 0 aliphatic heterocycles. The van der Waals surface area contributed by atoms with E-state index in [9.17, 15) is 14.4 Å². The average molecular weight is 513 g/mol. The predicted octanol–water partition coefficient (Wildman–Crippen LogP) is 4.86. The minimum absolute atomic E-state index is 0.0108. The molecule has 0 fully saturated rings. The summed E-state index contributed by atoms with van der Waals surface area (Å²) in [6, 6.07) is 17.8. The van der Waals surface area contributed by atoms with E-state index in [1.807, 2.05) is 60.7 Å². The van der Waals surface area contributed by atoms with E-state index < -0.39 is 18.1 Å². The van der Waals surface area contributed by atoms with Crippen LogP contribution < -0.4 is 5.32 Å². The summed E-state index contributed by atoms with van der Waals surface area (Å²) in [5.41, 5.74) is 1.72. The molecule has 0 aliphatic carbocycles. The van der Waals surface area contributed by atoms with E-state index in [1.165, 1.54) is 0 Å². The van der Waals surface area contributed by atoms with Gasteiger partial charge in [0.15, 0.2) is 0 Å². The van der Waals surface area contributed by atoms with E-state index in [0.717, 1.165) is 30.4 Å². The first-order valence-corrected chi connectivity index (χ1v) is 13.0. The van der Waals surface area contributed by atoms with Crippen LogP contribution in [0.1, 0.15) is 56.6 Å². The quantitative estimate of drug-likeness (QED) is 0.240. The molecule has 0 unspecified atom stereocenters. The van der Waals surface area contributed by atoms with Crippen LogP contribution in [-0.2, 0) is 37.0 Å². The standard InChI is InChI=1S/C29H40N2O6/c1-3-4-11-19-31(20-12-21-35-2)28(33)26(30-29(34)37-23-25-15-9-6-10-16-25)17-18-27(32)36-22-24-13-7-5-8-14-24/h5-10,13-16,26H,3-4,11-12,17-23H2,1-2H3,(H,30,34)/t26-/m1/s1. The summed E-state index contributed by atoms with van der Waals surface area (Å²) in [5.74, 6) is -0.669. The third kappa shape index (κ3) is 12.4. The van der Waals surface area contributed by atoms with Crippen molar-refractivity contribution in [2.45, 2.75) is 64.7 Å². The number of esters is 1. The number of alkyl carbamates (subject to hydrolysis) is 1. The number of nitrogens with zero attached hydrogens (tertiary/aromatic N) is 1. The molecule has 37 heavy (non-hydrogen) atoms. The number of carbonyl (C=O) groups is 3. The lowest BCUT2D eigenvalue weighted by atomic mass is 10.1. The third-order valence-corrected chi connectivity index (χ3v) is 5.80. The van der Waals surface area contributed by atoms with E-state index in [0.29, 0.717) is 26.1 Å². The van der Waals surface area contributed by atoms with Crippen molar-refractivity contribution >= 4 is 18.0 Å². The van der Waals surface area contributed by atoms with Crippen LogP contribution >= 0.6 is 0 Å². The predicted molar refractivity (Wildman–Crippen MR) is 142 cm³/mol. The van der Waals surface area contributed by atoms with Crippen molar-refractivity contribution in [1.82, 2.24) is 10.2 Å². The van der Waals surface area contributed by atoms with Crippen LogP contribution in [0.5, 0.6) is 0 Å². The normalized spacial score (nSPS) is 11.4. The highest BCUT2D eigenvalue weighted by Crippen LogP contribution is 2.10. The molecule has 1 N–H and O–H groups in total. The Morgan fingerprint density at radius 1 is 0.838 bits per heavy atom. The van der Waals surface area contributed by atoms with Crippen molar-refractivity contribution < 1.29 is 28.6 Å². The maximum Gasteiger partial charge on any atom is 0.408 e. The Kier molecular flexibility index (Phi) is 14.5. The fraction of sp³-hybridized carbons (Fsp3) is 0.483. The highest BCUT2D eigenvalue weighted by atomic mass is 16.5. The van der Waals surface area contributed by atoms with Gasteiger partial charge in [0.2, 0.25) is 5.91 Å². The molecule has 0 radical (unpaired) electrons. The Hall–Kier alpha value is -3.39. The van der Waals surface area contributed by atoms with E-state index >= 15 is 0 Å². The molecule has 8 nitrogen and oxygen atoms in total. The summed E-state index contributed by atoms with van der Waals surface area (Å²) in [4.78, 5) is 40.3. The van der Waals surface area contributed by atoms with Gasteiger partial charge >= 0.3 is 12.1 Å². The summed E-state index contributed by atoms with van der Waals surface area (Å²) in [7, 11) is 1.62. The van der Waals surface area contributed by atoms with Gasteiger partial charge in [-0.2, -0.15) is 0 Å². The summed E-state index contributed by atoms with van der Waals surface area (Å²) in [6.07, 6.45) is 2.96. The molecule has 0 saturated heterocycles. The molecular formula is C29H40N2O6. The molecule has 0 saturated carbocycles. The van der Waals surface area contributed by atoms with Gasteiger partial charge in [-0.25, -0.2) is 4.79 Å². The van der Waals surface area contributed by atoms with Crippen molar-refractivity contribution in [3.8, 4) is 0 Å². The molecule has 2 amide bonds. The first-order valence-electron chi connectivity index (χ1n) is 13.0. The number of ether oxygens (including phenoxy) is 3. The number of unbranched alkanes of at least 4 members (excludes halogenated alkanes) is 2. The zero-order valence-corrected chi connectivity index (χ0v) is 22.0. The zero-order valence-electron chi connectivity index (χ0n) is 22.0. The molecule has 0 aromatic heterocycles. The van der Waals surface area contributed by atoms with Crippen molar-refractivity contribution in [2.24, 2.45) is 0 Å². The van der Waals surface area contributed by atoms with Gasteiger partial charge in [-0.05, 0) is 30.4 Å². The number of hydrogen-bond donors (Lipinski definition) is 1. The molecule has 8 heteroatoms. The van der Waals surface area contributed by atoms with Crippen molar-refractivity contribution in [3.05, 3.63) is 71.8 Å². The Bertz CT molecular complexity index is 913. The van der Waals surface area contributed by atoms with Gasteiger partial charge in [-0.15, -0.1) is 0 Å². The van der Waals surface area contributed by atoms with E-state index in [-0.39, 0.29) is 32.0 Å². The SMILES string of the molecule is CCCCCN(CCCOC)C(=O)[C@@H](CCC(=O)OCc1ccccc1)NC(=O)OCc1ccccc1. The summed E-state index contributed by atoms with van der Waals surface area (Å²) < 4.78 is 15.9. The highest BCUT2D eigenvalue weighted by Gasteiger charge is 2.27. The van der Waals surface area contributed by atoms with E-state index in [1.54, 1.807) is 12.0 Å².